The number of hydrogen-bond donors (Lipinski definition) is 4. The number of carbonyl (C=O) groups excluding carboxylic acids is 2. The van der Waals surface area contributed by atoms with Crippen LogP contribution in [-0.4, -0.2) is 35.4 Å². The number of allylic oxidation sites excluding steroid dienone is 2. The molecule has 2 aliphatic heterocycles. The molecule has 1 atom stereocenters. The van der Waals surface area contributed by atoms with Crippen molar-refractivity contribution in [1.82, 2.24) is 21.4 Å². The topological polar surface area (TPSA) is 97.9 Å². The molecule has 3 rings (SSSR count). The third kappa shape index (κ3) is 5.20. The molecule has 0 radical (unpaired) electrons. The lowest BCUT2D eigenvalue weighted by Crippen LogP contribution is -2.51. The second kappa shape index (κ2) is 9.33. The largest absolute Gasteiger partial charge is 0.337 e. The fourth-order valence-electron chi connectivity index (χ4n) is 3.05. The number of hydrazone groups is 1. The number of nitrogens with one attached hydrogen (secondary N) is 4. The minimum atomic E-state index is -0.741. The monoisotopic (exact) mass is 400 g/mol. The first-order valence-corrected chi connectivity index (χ1v) is 9.59. The van der Waals surface area contributed by atoms with Crippen LogP contribution in [0.15, 0.2) is 47.1 Å². The molecule has 0 unspecified atom stereocenters. The van der Waals surface area contributed by atoms with Crippen LogP contribution in [0.3, 0.4) is 0 Å². The molecule has 4 N–H and O–H groups in total. The third-order valence-corrected chi connectivity index (χ3v) is 4.67. The second-order valence-electron chi connectivity index (χ2n) is 6.79. The van der Waals surface area contributed by atoms with Crippen molar-refractivity contribution in [2.24, 2.45) is 5.10 Å². The fraction of sp³-hybridized carbons (Fsp3) is 0.350. The van der Waals surface area contributed by atoms with Gasteiger partial charge in [-0.1, -0.05) is 31.2 Å². The molecule has 0 spiro atoms. The Labute approximate surface area is 168 Å². The Morgan fingerprint density at radius 3 is 3.03 bits per heavy atom. The molecule has 2 heterocycles. The maximum absolute atomic E-state index is 13.4. The van der Waals surface area contributed by atoms with Crippen molar-refractivity contribution in [1.29, 1.82) is 0 Å². The summed E-state index contributed by atoms with van der Waals surface area (Å²) >= 11 is 0. The molecule has 0 aliphatic carbocycles. The van der Waals surface area contributed by atoms with Gasteiger partial charge in [-0.25, -0.2) is 9.93 Å². The number of halogens is 1. The number of rotatable bonds is 6. The Morgan fingerprint density at radius 1 is 1.45 bits per heavy atom. The summed E-state index contributed by atoms with van der Waals surface area (Å²) in [5.41, 5.74) is 7.95. The zero-order chi connectivity index (χ0) is 20.8. The van der Waals surface area contributed by atoms with E-state index in [1.165, 1.54) is 12.1 Å². The Bertz CT molecular complexity index is 880. The standard InChI is InChI=1S/C20H25FN6O2/c1-3-5-6-13(4-2)12-27-25-18(24-26-27)20(29)22-16-10-8-14-7-9-15(21)11-17(14)23-19(16)28/h4-7,9,11,16,26H,3,8,10,12H2,1-2H3,(H,22,29)(H,23,28)(H,24,25)/b6-5-,13-4+/t16-/m0/s1. The van der Waals surface area contributed by atoms with Gasteiger partial charge in [0, 0.05) is 5.69 Å². The van der Waals surface area contributed by atoms with Crippen LogP contribution < -0.4 is 21.6 Å². The van der Waals surface area contributed by atoms with Gasteiger partial charge in [0.05, 0.1) is 6.54 Å². The van der Waals surface area contributed by atoms with Crippen LogP contribution in [-0.2, 0) is 16.0 Å². The number of nitrogens with zero attached hydrogens (tertiary/aromatic N) is 2. The van der Waals surface area contributed by atoms with E-state index in [9.17, 15) is 14.0 Å². The Kier molecular flexibility index (Phi) is 6.61. The Hall–Kier alpha value is -3.20. The molecule has 9 heteroatoms. The van der Waals surface area contributed by atoms with Gasteiger partial charge in [-0.15, -0.1) is 10.2 Å². The molecule has 0 fully saturated rings. The summed E-state index contributed by atoms with van der Waals surface area (Å²) in [6.45, 7) is 4.49. The van der Waals surface area contributed by atoms with E-state index in [0.29, 0.717) is 25.1 Å². The predicted molar refractivity (Wildman–Crippen MR) is 109 cm³/mol. The average molecular weight is 400 g/mol. The fourth-order valence-corrected chi connectivity index (χ4v) is 3.05. The summed E-state index contributed by atoms with van der Waals surface area (Å²) < 4.78 is 13.4. The third-order valence-electron chi connectivity index (χ3n) is 4.67. The number of aryl methyl sites for hydroxylation is 1. The maximum atomic E-state index is 13.4. The van der Waals surface area contributed by atoms with Crippen molar-refractivity contribution in [3.05, 3.63) is 53.4 Å². The molecule has 2 amide bonds. The highest BCUT2D eigenvalue weighted by Gasteiger charge is 2.29. The molecule has 154 valence electrons. The summed E-state index contributed by atoms with van der Waals surface area (Å²) in [7, 11) is 0. The highest BCUT2D eigenvalue weighted by molar-refractivity contribution is 6.38. The minimum Gasteiger partial charge on any atom is -0.337 e. The van der Waals surface area contributed by atoms with Crippen molar-refractivity contribution >= 4 is 23.3 Å². The summed E-state index contributed by atoms with van der Waals surface area (Å²) in [6.07, 6.45) is 7.92. The van der Waals surface area contributed by atoms with E-state index in [1.807, 2.05) is 19.1 Å². The van der Waals surface area contributed by atoms with E-state index in [1.54, 1.807) is 11.2 Å². The molecular formula is C20H25FN6O2. The number of fused-ring (bicyclic) bond motifs is 1. The first-order valence-electron chi connectivity index (χ1n) is 9.59. The van der Waals surface area contributed by atoms with Crippen LogP contribution in [0.25, 0.3) is 0 Å². The molecule has 1 aromatic carbocycles. The number of amidine groups is 1. The van der Waals surface area contributed by atoms with Crippen LogP contribution in [0.2, 0.25) is 0 Å². The van der Waals surface area contributed by atoms with Gasteiger partial charge < -0.3 is 10.6 Å². The van der Waals surface area contributed by atoms with Crippen LogP contribution >= 0.6 is 0 Å². The number of anilines is 1. The van der Waals surface area contributed by atoms with Gasteiger partial charge in [-0.3, -0.25) is 15.0 Å². The lowest BCUT2D eigenvalue weighted by molar-refractivity contribution is -0.123. The number of benzene rings is 1. The highest BCUT2D eigenvalue weighted by atomic mass is 19.1. The summed E-state index contributed by atoms with van der Waals surface area (Å²) in [5, 5.41) is 10.9. The van der Waals surface area contributed by atoms with Crippen LogP contribution in [0.1, 0.15) is 32.3 Å². The smallest absolute Gasteiger partial charge is 0.290 e. The van der Waals surface area contributed by atoms with E-state index in [2.05, 4.69) is 39.7 Å². The molecule has 2 aliphatic rings. The number of amides is 2. The predicted octanol–water partition coefficient (Wildman–Crippen LogP) is 1.75. The molecule has 0 bridgehead atoms. The van der Waals surface area contributed by atoms with Crippen LogP contribution in [0.4, 0.5) is 10.1 Å². The van der Waals surface area contributed by atoms with Crippen molar-refractivity contribution in [3.63, 3.8) is 0 Å². The zero-order valence-electron chi connectivity index (χ0n) is 16.5. The minimum absolute atomic E-state index is 0.0699. The highest BCUT2D eigenvalue weighted by Crippen LogP contribution is 2.23. The maximum Gasteiger partial charge on any atom is 0.290 e. The second-order valence-corrected chi connectivity index (χ2v) is 6.79. The first kappa shape index (κ1) is 20.5. The number of carbonyl (C=O) groups is 2. The molecule has 8 nitrogen and oxygen atoms in total. The Balaban J connectivity index is 1.56. The molecule has 0 aromatic heterocycles. The van der Waals surface area contributed by atoms with E-state index in [0.717, 1.165) is 17.6 Å². The molecule has 29 heavy (non-hydrogen) atoms. The lowest BCUT2D eigenvalue weighted by Gasteiger charge is -2.17. The lowest BCUT2D eigenvalue weighted by atomic mass is 10.1. The first-order chi connectivity index (χ1) is 14.0. The van der Waals surface area contributed by atoms with Gasteiger partial charge >= 0.3 is 0 Å². The van der Waals surface area contributed by atoms with Gasteiger partial charge in [-0.2, -0.15) is 0 Å². The number of hydrogen-bond acceptors (Lipinski definition) is 6. The summed E-state index contributed by atoms with van der Waals surface area (Å²) in [4.78, 5) is 25.0. The van der Waals surface area contributed by atoms with Crippen LogP contribution in [0.5, 0.6) is 0 Å². The van der Waals surface area contributed by atoms with Gasteiger partial charge in [0.1, 0.15) is 11.9 Å². The quantitative estimate of drug-likeness (QED) is 0.546. The number of hydrazine groups is 2. The van der Waals surface area contributed by atoms with Crippen molar-refractivity contribution < 1.29 is 14.0 Å². The molecule has 1 aromatic rings. The zero-order valence-corrected chi connectivity index (χ0v) is 16.5. The summed E-state index contributed by atoms with van der Waals surface area (Å²) in [6, 6.07) is 3.55. The van der Waals surface area contributed by atoms with Gasteiger partial charge in [-0.05, 0) is 49.5 Å². The Morgan fingerprint density at radius 2 is 2.28 bits per heavy atom. The summed E-state index contributed by atoms with van der Waals surface area (Å²) in [5.74, 6) is -1.23. The van der Waals surface area contributed by atoms with Crippen LogP contribution in [0, 0.1) is 5.82 Å². The molecule has 0 saturated heterocycles. The van der Waals surface area contributed by atoms with E-state index in [4.69, 9.17) is 0 Å². The molecule has 0 saturated carbocycles. The van der Waals surface area contributed by atoms with Crippen molar-refractivity contribution in [3.8, 4) is 0 Å². The molecular weight excluding hydrogens is 375 g/mol. The van der Waals surface area contributed by atoms with Gasteiger partial charge in [0.15, 0.2) is 0 Å². The van der Waals surface area contributed by atoms with Crippen molar-refractivity contribution in [2.75, 3.05) is 11.9 Å². The van der Waals surface area contributed by atoms with Crippen molar-refractivity contribution in [2.45, 2.75) is 39.2 Å². The average Bonchev–Trinajstić information content (AvgIpc) is 3.12. The normalized spacial score (nSPS) is 19.7. The van der Waals surface area contributed by atoms with E-state index >= 15 is 0 Å². The SMILES string of the molecule is C/C=C(\C=C/CC)CN1NN=C(C(=O)N[C@H]2CCc3ccc(F)cc3NC2=O)N1. The van der Waals surface area contributed by atoms with E-state index < -0.39 is 17.8 Å². The van der Waals surface area contributed by atoms with E-state index in [-0.39, 0.29) is 11.7 Å². The van der Waals surface area contributed by atoms with Gasteiger partial charge in [0.25, 0.3) is 5.91 Å². The van der Waals surface area contributed by atoms with Gasteiger partial charge in [0.2, 0.25) is 11.7 Å².